The number of hydrogen-bond donors (Lipinski definition) is 1. The molecule has 4 heteroatoms. The van der Waals surface area contributed by atoms with Crippen LogP contribution in [0.5, 0.6) is 11.5 Å². The normalized spacial score (nSPS) is 13.6. The molecule has 3 aromatic rings. The summed E-state index contributed by atoms with van der Waals surface area (Å²) in [7, 11) is 0. The first kappa shape index (κ1) is 12.3. The van der Waals surface area contributed by atoms with E-state index in [1.165, 1.54) is 11.1 Å². The summed E-state index contributed by atoms with van der Waals surface area (Å²) in [4.78, 5) is 8.11. The van der Waals surface area contributed by atoms with E-state index in [9.17, 15) is 0 Å². The topological polar surface area (TPSA) is 47.1 Å². The highest BCUT2D eigenvalue weighted by Gasteiger charge is 2.14. The molecule has 1 N–H and O–H groups in total. The second-order valence-corrected chi connectivity index (χ2v) is 5.42. The minimum atomic E-state index is 0.592. The first-order chi connectivity index (χ1) is 10.2. The zero-order valence-electron chi connectivity index (χ0n) is 12.1. The first-order valence-corrected chi connectivity index (χ1v) is 7.08. The fraction of sp³-hybridized carbons (Fsp3) is 0.235. The highest BCUT2D eigenvalue weighted by Crippen LogP contribution is 2.34. The molecule has 1 aliphatic rings. The van der Waals surface area contributed by atoms with Gasteiger partial charge in [-0.2, -0.15) is 0 Å². The molecule has 0 atom stereocenters. The summed E-state index contributed by atoms with van der Waals surface area (Å²) in [5.41, 5.74) is 5.51. The van der Waals surface area contributed by atoms with E-state index in [2.05, 4.69) is 31.0 Å². The molecule has 2 heterocycles. The average molecular weight is 280 g/mol. The number of nitrogens with zero attached hydrogens (tertiary/aromatic N) is 1. The van der Waals surface area contributed by atoms with Gasteiger partial charge in [-0.05, 0) is 49.2 Å². The number of hydrogen-bond acceptors (Lipinski definition) is 3. The Morgan fingerprint density at radius 2 is 1.81 bits per heavy atom. The maximum absolute atomic E-state index is 5.64. The zero-order valence-corrected chi connectivity index (χ0v) is 12.1. The molecule has 4 nitrogen and oxygen atoms in total. The van der Waals surface area contributed by atoms with E-state index >= 15 is 0 Å². The minimum Gasteiger partial charge on any atom is -0.486 e. The van der Waals surface area contributed by atoms with Crippen molar-refractivity contribution in [2.24, 2.45) is 0 Å². The number of fused-ring (bicyclic) bond motifs is 2. The number of ether oxygens (including phenoxy) is 2. The van der Waals surface area contributed by atoms with Crippen molar-refractivity contribution in [3.05, 3.63) is 41.5 Å². The summed E-state index contributed by atoms with van der Waals surface area (Å²) in [6, 6.07) is 10.2. The number of aryl methyl sites for hydroxylation is 2. The molecule has 0 spiro atoms. The number of aromatic amines is 1. The molecule has 0 saturated heterocycles. The van der Waals surface area contributed by atoms with E-state index < -0.39 is 0 Å². The Morgan fingerprint density at radius 1 is 1.00 bits per heavy atom. The van der Waals surface area contributed by atoms with E-state index in [0.29, 0.717) is 13.2 Å². The smallest absolute Gasteiger partial charge is 0.162 e. The van der Waals surface area contributed by atoms with Gasteiger partial charge in [0.2, 0.25) is 0 Å². The van der Waals surface area contributed by atoms with Crippen LogP contribution in [0.25, 0.3) is 22.4 Å². The van der Waals surface area contributed by atoms with Crippen LogP contribution in [0.1, 0.15) is 11.1 Å². The molecule has 106 valence electrons. The van der Waals surface area contributed by atoms with E-state index in [0.717, 1.165) is 33.9 Å². The van der Waals surface area contributed by atoms with Gasteiger partial charge < -0.3 is 14.5 Å². The molecule has 4 rings (SSSR count). The van der Waals surface area contributed by atoms with Crippen LogP contribution in [0, 0.1) is 13.8 Å². The van der Waals surface area contributed by atoms with Crippen molar-refractivity contribution >= 4 is 11.0 Å². The third-order valence-electron chi connectivity index (χ3n) is 3.74. The molecule has 1 aliphatic heterocycles. The SMILES string of the molecule is Cc1cc(C)c2nc(-c3ccc4c(c3)OCCO4)[nH]c2c1. The largest absolute Gasteiger partial charge is 0.486 e. The molecule has 0 unspecified atom stereocenters. The Balaban J connectivity index is 1.84. The lowest BCUT2D eigenvalue weighted by Gasteiger charge is -2.18. The highest BCUT2D eigenvalue weighted by molar-refractivity contribution is 5.83. The van der Waals surface area contributed by atoms with Gasteiger partial charge in [-0.3, -0.25) is 0 Å². The monoisotopic (exact) mass is 280 g/mol. The van der Waals surface area contributed by atoms with Crippen LogP contribution in [-0.4, -0.2) is 23.2 Å². The van der Waals surface area contributed by atoms with Crippen LogP contribution < -0.4 is 9.47 Å². The van der Waals surface area contributed by atoms with Gasteiger partial charge in [0, 0.05) is 5.56 Å². The van der Waals surface area contributed by atoms with Crippen LogP contribution in [0.15, 0.2) is 30.3 Å². The van der Waals surface area contributed by atoms with Crippen LogP contribution in [0.3, 0.4) is 0 Å². The average Bonchev–Trinajstić information content (AvgIpc) is 2.91. The number of rotatable bonds is 1. The quantitative estimate of drug-likeness (QED) is 0.740. The van der Waals surface area contributed by atoms with Crippen LogP contribution in [0.2, 0.25) is 0 Å². The fourth-order valence-electron chi connectivity index (χ4n) is 2.80. The summed E-state index contributed by atoms with van der Waals surface area (Å²) in [6.07, 6.45) is 0. The van der Waals surface area contributed by atoms with Crippen LogP contribution >= 0.6 is 0 Å². The van der Waals surface area contributed by atoms with E-state index in [-0.39, 0.29) is 0 Å². The standard InChI is InChI=1S/C17H16N2O2/c1-10-7-11(2)16-13(8-10)18-17(19-16)12-3-4-14-15(9-12)21-6-5-20-14/h3-4,7-9H,5-6H2,1-2H3,(H,18,19). The third-order valence-corrected chi connectivity index (χ3v) is 3.74. The number of imidazole rings is 1. The van der Waals surface area contributed by atoms with Gasteiger partial charge in [0.05, 0.1) is 11.0 Å². The molecule has 1 aromatic heterocycles. The van der Waals surface area contributed by atoms with E-state index in [1.54, 1.807) is 0 Å². The molecular formula is C17H16N2O2. The van der Waals surface area contributed by atoms with Gasteiger partial charge in [-0.25, -0.2) is 4.98 Å². The molecule has 0 radical (unpaired) electrons. The van der Waals surface area contributed by atoms with Crippen molar-refractivity contribution in [3.63, 3.8) is 0 Å². The van der Waals surface area contributed by atoms with E-state index in [4.69, 9.17) is 14.5 Å². The molecule has 0 fully saturated rings. The van der Waals surface area contributed by atoms with Crippen molar-refractivity contribution in [1.82, 2.24) is 9.97 Å². The molecule has 0 aliphatic carbocycles. The predicted molar refractivity (Wildman–Crippen MR) is 82.0 cm³/mol. The summed E-state index contributed by atoms with van der Waals surface area (Å²) < 4.78 is 11.2. The van der Waals surface area contributed by atoms with Gasteiger partial charge >= 0.3 is 0 Å². The third kappa shape index (κ3) is 2.03. The molecule has 2 aromatic carbocycles. The first-order valence-electron chi connectivity index (χ1n) is 7.08. The van der Waals surface area contributed by atoms with Gasteiger partial charge in [0.1, 0.15) is 19.0 Å². The maximum atomic E-state index is 5.64. The van der Waals surface area contributed by atoms with Crippen molar-refractivity contribution < 1.29 is 9.47 Å². The van der Waals surface area contributed by atoms with Crippen LogP contribution in [0.4, 0.5) is 0 Å². The summed E-state index contributed by atoms with van der Waals surface area (Å²) >= 11 is 0. The van der Waals surface area contributed by atoms with Crippen molar-refractivity contribution in [2.45, 2.75) is 13.8 Å². The van der Waals surface area contributed by atoms with E-state index in [1.807, 2.05) is 18.2 Å². The molecule has 0 bridgehead atoms. The number of benzene rings is 2. The van der Waals surface area contributed by atoms with Gasteiger partial charge in [-0.15, -0.1) is 0 Å². The van der Waals surface area contributed by atoms with Crippen molar-refractivity contribution in [2.75, 3.05) is 13.2 Å². The maximum Gasteiger partial charge on any atom is 0.162 e. The number of aromatic nitrogens is 2. The second kappa shape index (κ2) is 4.52. The lowest BCUT2D eigenvalue weighted by Crippen LogP contribution is -2.15. The summed E-state index contributed by atoms with van der Waals surface area (Å²) in [5, 5.41) is 0. The number of nitrogens with one attached hydrogen (secondary N) is 1. The molecule has 0 amide bonds. The summed E-state index contributed by atoms with van der Waals surface area (Å²) in [6.45, 7) is 5.38. The summed E-state index contributed by atoms with van der Waals surface area (Å²) in [5.74, 6) is 2.44. The minimum absolute atomic E-state index is 0.592. The lowest BCUT2D eigenvalue weighted by atomic mass is 10.1. The second-order valence-electron chi connectivity index (χ2n) is 5.42. The lowest BCUT2D eigenvalue weighted by molar-refractivity contribution is 0.171. The Kier molecular flexibility index (Phi) is 2.64. The Morgan fingerprint density at radius 3 is 2.67 bits per heavy atom. The van der Waals surface area contributed by atoms with Gasteiger partial charge in [0.25, 0.3) is 0 Å². The Labute approximate surface area is 122 Å². The van der Waals surface area contributed by atoms with Crippen LogP contribution in [-0.2, 0) is 0 Å². The highest BCUT2D eigenvalue weighted by atomic mass is 16.6. The van der Waals surface area contributed by atoms with Crippen molar-refractivity contribution in [1.29, 1.82) is 0 Å². The Bertz CT molecular complexity index is 836. The fourth-order valence-corrected chi connectivity index (χ4v) is 2.80. The van der Waals surface area contributed by atoms with Gasteiger partial charge in [0.15, 0.2) is 11.5 Å². The Hall–Kier alpha value is -2.49. The molecular weight excluding hydrogens is 264 g/mol. The number of H-pyrrole nitrogens is 1. The molecule has 0 saturated carbocycles. The van der Waals surface area contributed by atoms with Gasteiger partial charge in [-0.1, -0.05) is 6.07 Å². The molecule has 21 heavy (non-hydrogen) atoms. The predicted octanol–water partition coefficient (Wildman–Crippen LogP) is 3.62. The zero-order chi connectivity index (χ0) is 14.4. The van der Waals surface area contributed by atoms with Crippen molar-refractivity contribution in [3.8, 4) is 22.9 Å².